The van der Waals surface area contributed by atoms with Crippen LogP contribution in [0.15, 0.2) is 11.3 Å². The maximum atomic E-state index is 11.4. The van der Waals surface area contributed by atoms with Crippen LogP contribution >= 0.6 is 0 Å². The fourth-order valence-corrected chi connectivity index (χ4v) is 1.17. The average molecular weight is 199 g/mol. The third-order valence-corrected chi connectivity index (χ3v) is 1.89. The topological polar surface area (TPSA) is 55.4 Å². The number of ether oxygens (including phenoxy) is 1. The van der Waals surface area contributed by atoms with Crippen LogP contribution in [0.3, 0.4) is 0 Å². The number of carbonyl (C=O) groups excluding carboxylic acids is 2. The fraction of sp³-hybridized carbons (Fsp3) is 0.600. The maximum absolute atomic E-state index is 11.4. The zero-order valence-corrected chi connectivity index (χ0v) is 8.92. The van der Waals surface area contributed by atoms with Gasteiger partial charge in [-0.25, -0.2) is 4.79 Å². The lowest BCUT2D eigenvalue weighted by Gasteiger charge is -2.10. The second-order valence-corrected chi connectivity index (χ2v) is 2.67. The van der Waals surface area contributed by atoms with E-state index in [0.29, 0.717) is 13.0 Å². The molecule has 14 heavy (non-hydrogen) atoms. The van der Waals surface area contributed by atoms with Gasteiger partial charge >= 0.3 is 5.97 Å². The first-order valence-corrected chi connectivity index (χ1v) is 4.80. The highest BCUT2D eigenvalue weighted by atomic mass is 16.5. The molecular weight excluding hydrogens is 182 g/mol. The van der Waals surface area contributed by atoms with E-state index in [0.717, 1.165) is 18.4 Å². The number of carbonyl (C=O) groups is 2. The van der Waals surface area contributed by atoms with Crippen LogP contribution < -0.4 is 5.32 Å². The molecule has 4 heteroatoms. The van der Waals surface area contributed by atoms with Gasteiger partial charge in [0.1, 0.15) is 5.70 Å². The molecule has 0 radical (unpaired) electrons. The van der Waals surface area contributed by atoms with E-state index in [1.54, 1.807) is 6.92 Å². The van der Waals surface area contributed by atoms with Crippen LogP contribution in [0.25, 0.3) is 0 Å². The van der Waals surface area contributed by atoms with Gasteiger partial charge in [0.05, 0.1) is 6.61 Å². The highest BCUT2D eigenvalue weighted by Gasteiger charge is 2.13. The maximum Gasteiger partial charge on any atom is 0.354 e. The number of allylic oxidation sites excluding steroid dienone is 1. The number of hydrogen-bond acceptors (Lipinski definition) is 3. The molecule has 0 heterocycles. The van der Waals surface area contributed by atoms with E-state index in [9.17, 15) is 9.59 Å². The molecule has 0 bridgehead atoms. The Balaban J connectivity index is 4.79. The number of nitrogens with one attached hydrogen (secondary N) is 1. The van der Waals surface area contributed by atoms with Crippen molar-refractivity contribution in [1.82, 2.24) is 5.32 Å². The SMILES string of the molecule is CCOC(=O)C(NC=O)=C(CC)CC. The molecule has 0 rings (SSSR count). The first-order chi connectivity index (χ1) is 6.71. The summed E-state index contributed by atoms with van der Waals surface area (Å²) < 4.78 is 4.82. The molecular formula is C10H17NO3. The molecule has 0 aromatic heterocycles. The van der Waals surface area contributed by atoms with Crippen molar-refractivity contribution in [2.45, 2.75) is 33.6 Å². The van der Waals surface area contributed by atoms with Crippen LogP contribution in [0.4, 0.5) is 0 Å². The monoisotopic (exact) mass is 199 g/mol. The van der Waals surface area contributed by atoms with Crippen molar-refractivity contribution in [1.29, 1.82) is 0 Å². The summed E-state index contributed by atoms with van der Waals surface area (Å²) >= 11 is 0. The zero-order chi connectivity index (χ0) is 11.0. The molecule has 0 aliphatic heterocycles. The van der Waals surface area contributed by atoms with Gasteiger partial charge in [0, 0.05) is 0 Å². The highest BCUT2D eigenvalue weighted by Crippen LogP contribution is 2.11. The number of amides is 1. The molecule has 0 saturated heterocycles. The summed E-state index contributed by atoms with van der Waals surface area (Å²) in [6.07, 6.45) is 1.95. The molecule has 0 saturated carbocycles. The van der Waals surface area contributed by atoms with Gasteiger partial charge in [0.2, 0.25) is 6.41 Å². The van der Waals surface area contributed by atoms with E-state index in [4.69, 9.17) is 4.74 Å². The van der Waals surface area contributed by atoms with Gasteiger partial charge in [0.15, 0.2) is 0 Å². The van der Waals surface area contributed by atoms with Crippen LogP contribution in [0.2, 0.25) is 0 Å². The smallest absolute Gasteiger partial charge is 0.354 e. The summed E-state index contributed by atoms with van der Waals surface area (Å²) in [7, 11) is 0. The minimum Gasteiger partial charge on any atom is -0.461 e. The van der Waals surface area contributed by atoms with Crippen LogP contribution in [-0.2, 0) is 14.3 Å². The second-order valence-electron chi connectivity index (χ2n) is 2.67. The number of rotatable bonds is 6. The predicted octanol–water partition coefficient (Wildman–Crippen LogP) is 1.37. The molecule has 4 nitrogen and oxygen atoms in total. The molecule has 1 N–H and O–H groups in total. The molecule has 0 unspecified atom stereocenters. The first kappa shape index (κ1) is 12.7. The van der Waals surface area contributed by atoms with Crippen LogP contribution in [0.5, 0.6) is 0 Å². The van der Waals surface area contributed by atoms with E-state index >= 15 is 0 Å². The molecule has 0 aliphatic rings. The van der Waals surface area contributed by atoms with Crippen LogP contribution in [0, 0.1) is 0 Å². The summed E-state index contributed by atoms with van der Waals surface area (Å²) in [6, 6.07) is 0. The van der Waals surface area contributed by atoms with Gasteiger partial charge < -0.3 is 10.1 Å². The number of hydrogen-bond donors (Lipinski definition) is 1. The van der Waals surface area contributed by atoms with E-state index in [-0.39, 0.29) is 5.70 Å². The summed E-state index contributed by atoms with van der Waals surface area (Å²) in [5, 5.41) is 2.39. The molecule has 0 fully saturated rings. The Morgan fingerprint density at radius 3 is 2.21 bits per heavy atom. The molecule has 0 aromatic carbocycles. The Hall–Kier alpha value is -1.32. The second kappa shape index (κ2) is 7.12. The molecule has 0 aromatic rings. The third kappa shape index (κ3) is 3.60. The molecule has 0 aliphatic carbocycles. The Kier molecular flexibility index (Phi) is 6.45. The lowest BCUT2D eigenvalue weighted by atomic mass is 10.1. The van der Waals surface area contributed by atoms with E-state index in [1.807, 2.05) is 13.8 Å². The largest absolute Gasteiger partial charge is 0.461 e. The van der Waals surface area contributed by atoms with Gasteiger partial charge in [-0.05, 0) is 25.3 Å². The predicted molar refractivity (Wildman–Crippen MR) is 53.4 cm³/mol. The summed E-state index contributed by atoms with van der Waals surface area (Å²) in [4.78, 5) is 21.7. The average Bonchev–Trinajstić information content (AvgIpc) is 2.18. The molecule has 0 atom stereocenters. The molecule has 0 spiro atoms. The third-order valence-electron chi connectivity index (χ3n) is 1.89. The number of esters is 1. The van der Waals surface area contributed by atoms with Gasteiger partial charge in [-0.1, -0.05) is 13.8 Å². The van der Waals surface area contributed by atoms with E-state index in [2.05, 4.69) is 5.32 Å². The van der Waals surface area contributed by atoms with Gasteiger partial charge in [0.25, 0.3) is 0 Å². The molecule has 1 amide bonds. The minimum absolute atomic E-state index is 0.284. The van der Waals surface area contributed by atoms with Gasteiger partial charge in [-0.3, -0.25) is 4.79 Å². The Morgan fingerprint density at radius 1 is 1.29 bits per heavy atom. The van der Waals surface area contributed by atoms with Crippen LogP contribution in [-0.4, -0.2) is 19.0 Å². The van der Waals surface area contributed by atoms with Crippen molar-refractivity contribution < 1.29 is 14.3 Å². The van der Waals surface area contributed by atoms with Crippen molar-refractivity contribution in [2.24, 2.45) is 0 Å². The lowest BCUT2D eigenvalue weighted by Crippen LogP contribution is -2.23. The Bertz CT molecular complexity index is 228. The Labute approximate surface area is 84.3 Å². The van der Waals surface area contributed by atoms with Crippen molar-refractivity contribution in [3.8, 4) is 0 Å². The van der Waals surface area contributed by atoms with Crippen molar-refractivity contribution >= 4 is 12.4 Å². The van der Waals surface area contributed by atoms with Crippen molar-refractivity contribution in [2.75, 3.05) is 6.61 Å². The molecule has 80 valence electrons. The normalized spacial score (nSPS) is 9.07. The Morgan fingerprint density at radius 2 is 1.86 bits per heavy atom. The standard InChI is InChI=1S/C10H17NO3/c1-4-8(5-2)9(11-7-12)10(13)14-6-3/h7H,4-6H2,1-3H3,(H,11,12). The zero-order valence-electron chi connectivity index (χ0n) is 8.92. The van der Waals surface area contributed by atoms with Crippen LogP contribution in [0.1, 0.15) is 33.6 Å². The summed E-state index contributed by atoms with van der Waals surface area (Å²) in [5.74, 6) is -0.460. The summed E-state index contributed by atoms with van der Waals surface area (Å²) in [6.45, 7) is 5.91. The van der Waals surface area contributed by atoms with E-state index in [1.165, 1.54) is 0 Å². The lowest BCUT2D eigenvalue weighted by molar-refractivity contribution is -0.139. The summed E-state index contributed by atoms with van der Waals surface area (Å²) in [5.41, 5.74) is 1.18. The van der Waals surface area contributed by atoms with Gasteiger partial charge in [-0.15, -0.1) is 0 Å². The first-order valence-electron chi connectivity index (χ1n) is 4.80. The van der Waals surface area contributed by atoms with Crippen molar-refractivity contribution in [3.63, 3.8) is 0 Å². The minimum atomic E-state index is -0.460. The quantitative estimate of drug-likeness (QED) is 0.399. The van der Waals surface area contributed by atoms with Gasteiger partial charge in [-0.2, -0.15) is 0 Å². The van der Waals surface area contributed by atoms with E-state index < -0.39 is 5.97 Å². The highest BCUT2D eigenvalue weighted by molar-refractivity contribution is 5.91. The van der Waals surface area contributed by atoms with Crippen molar-refractivity contribution in [3.05, 3.63) is 11.3 Å². The fourth-order valence-electron chi connectivity index (χ4n) is 1.17.